The first kappa shape index (κ1) is 10.8. The number of hydrogen-bond donors (Lipinski definition) is 0. The summed E-state index contributed by atoms with van der Waals surface area (Å²) >= 11 is 7.47. The normalized spacial score (nSPS) is 19.5. The van der Waals surface area contributed by atoms with Gasteiger partial charge in [-0.05, 0) is 36.6 Å². The van der Waals surface area contributed by atoms with Crippen LogP contribution in [0, 0.1) is 0 Å². The SMILES string of the molecule is COC(=O)C1CCc2cc(Cl)ccc2S1. The number of esters is 1. The molecule has 0 bridgehead atoms. The molecule has 2 nitrogen and oxygen atoms in total. The van der Waals surface area contributed by atoms with Gasteiger partial charge in [-0.15, -0.1) is 11.8 Å². The lowest BCUT2D eigenvalue weighted by atomic mass is 10.1. The number of aryl methyl sites for hydroxylation is 1. The van der Waals surface area contributed by atoms with Crippen molar-refractivity contribution in [1.82, 2.24) is 0 Å². The van der Waals surface area contributed by atoms with Crippen LogP contribution in [0.2, 0.25) is 5.02 Å². The third kappa shape index (κ3) is 2.29. The van der Waals surface area contributed by atoms with Crippen molar-refractivity contribution in [2.24, 2.45) is 0 Å². The average Bonchev–Trinajstić information content (AvgIpc) is 2.27. The van der Waals surface area contributed by atoms with Gasteiger partial charge in [0.25, 0.3) is 0 Å². The number of ether oxygens (including phenoxy) is 1. The molecule has 0 aliphatic carbocycles. The van der Waals surface area contributed by atoms with E-state index >= 15 is 0 Å². The highest BCUT2D eigenvalue weighted by atomic mass is 35.5. The van der Waals surface area contributed by atoms with E-state index in [1.165, 1.54) is 12.7 Å². The molecule has 1 atom stereocenters. The number of methoxy groups -OCH3 is 1. The van der Waals surface area contributed by atoms with Gasteiger partial charge in [0.2, 0.25) is 0 Å². The van der Waals surface area contributed by atoms with Crippen molar-refractivity contribution in [2.75, 3.05) is 7.11 Å². The number of carbonyl (C=O) groups excluding carboxylic acids is 1. The lowest BCUT2D eigenvalue weighted by Crippen LogP contribution is -2.22. The Morgan fingerprint density at radius 1 is 1.60 bits per heavy atom. The molecular formula is C11H11ClO2S. The van der Waals surface area contributed by atoms with Gasteiger partial charge in [0, 0.05) is 9.92 Å². The van der Waals surface area contributed by atoms with Crippen LogP contribution in [0.3, 0.4) is 0 Å². The van der Waals surface area contributed by atoms with Gasteiger partial charge < -0.3 is 4.74 Å². The molecule has 15 heavy (non-hydrogen) atoms. The Balaban J connectivity index is 2.20. The Morgan fingerprint density at radius 2 is 2.40 bits per heavy atom. The van der Waals surface area contributed by atoms with E-state index < -0.39 is 0 Å². The maximum absolute atomic E-state index is 11.4. The van der Waals surface area contributed by atoms with Crippen molar-refractivity contribution in [3.8, 4) is 0 Å². The zero-order chi connectivity index (χ0) is 10.8. The molecule has 1 aliphatic heterocycles. The van der Waals surface area contributed by atoms with Gasteiger partial charge in [0.15, 0.2) is 0 Å². The third-order valence-electron chi connectivity index (χ3n) is 2.43. The second kappa shape index (κ2) is 4.45. The van der Waals surface area contributed by atoms with Gasteiger partial charge in [0.1, 0.15) is 5.25 Å². The van der Waals surface area contributed by atoms with Crippen LogP contribution in [-0.4, -0.2) is 18.3 Å². The molecular weight excluding hydrogens is 232 g/mol. The van der Waals surface area contributed by atoms with E-state index in [9.17, 15) is 4.79 Å². The molecule has 1 unspecified atom stereocenters. The Bertz CT molecular complexity index is 392. The molecule has 1 aromatic carbocycles. The summed E-state index contributed by atoms with van der Waals surface area (Å²) in [6, 6.07) is 5.79. The number of hydrogen-bond acceptors (Lipinski definition) is 3. The van der Waals surface area contributed by atoms with Crippen molar-refractivity contribution < 1.29 is 9.53 Å². The molecule has 0 amide bonds. The van der Waals surface area contributed by atoms with E-state index in [0.717, 1.165) is 22.8 Å². The molecule has 2 rings (SSSR count). The lowest BCUT2D eigenvalue weighted by Gasteiger charge is -2.21. The molecule has 1 aromatic rings. The van der Waals surface area contributed by atoms with Gasteiger partial charge in [0.05, 0.1) is 7.11 Å². The van der Waals surface area contributed by atoms with Crippen LogP contribution < -0.4 is 0 Å². The predicted octanol–water partition coefficient (Wildman–Crippen LogP) is 2.92. The van der Waals surface area contributed by atoms with Crippen molar-refractivity contribution in [3.63, 3.8) is 0 Å². The van der Waals surface area contributed by atoms with Crippen LogP contribution >= 0.6 is 23.4 Å². The van der Waals surface area contributed by atoms with Crippen LogP contribution in [0.5, 0.6) is 0 Å². The summed E-state index contributed by atoms with van der Waals surface area (Å²) in [7, 11) is 1.43. The first-order chi connectivity index (χ1) is 7.20. The highest BCUT2D eigenvalue weighted by Gasteiger charge is 2.25. The first-order valence-corrected chi connectivity index (χ1v) is 5.99. The largest absolute Gasteiger partial charge is 0.468 e. The Morgan fingerprint density at radius 3 is 3.13 bits per heavy atom. The zero-order valence-corrected chi connectivity index (χ0v) is 9.90. The van der Waals surface area contributed by atoms with Gasteiger partial charge in [-0.3, -0.25) is 4.79 Å². The zero-order valence-electron chi connectivity index (χ0n) is 8.33. The van der Waals surface area contributed by atoms with Crippen LogP contribution in [0.1, 0.15) is 12.0 Å². The monoisotopic (exact) mass is 242 g/mol. The minimum absolute atomic E-state index is 0.0660. The molecule has 80 valence electrons. The molecule has 0 fully saturated rings. The minimum Gasteiger partial charge on any atom is -0.468 e. The van der Waals surface area contributed by atoms with Crippen molar-refractivity contribution in [3.05, 3.63) is 28.8 Å². The van der Waals surface area contributed by atoms with Crippen LogP contribution in [0.15, 0.2) is 23.1 Å². The summed E-state index contributed by atoms with van der Waals surface area (Å²) in [6.07, 6.45) is 1.72. The molecule has 0 saturated carbocycles. The van der Waals surface area contributed by atoms with Crippen LogP contribution in [-0.2, 0) is 16.0 Å². The summed E-state index contributed by atoms with van der Waals surface area (Å²) in [5.74, 6) is -0.138. The number of thioether (sulfide) groups is 1. The van der Waals surface area contributed by atoms with Gasteiger partial charge in [-0.25, -0.2) is 0 Å². The third-order valence-corrected chi connectivity index (χ3v) is 4.03. The fourth-order valence-corrected chi connectivity index (χ4v) is 3.04. The standard InChI is InChI=1S/C11H11ClO2S/c1-14-11(13)10-4-2-7-6-8(12)3-5-9(7)15-10/h3,5-6,10H,2,4H2,1H3. The second-order valence-electron chi connectivity index (χ2n) is 3.42. The summed E-state index contributed by atoms with van der Waals surface area (Å²) < 4.78 is 4.74. The van der Waals surface area contributed by atoms with Gasteiger partial charge in [-0.1, -0.05) is 11.6 Å². The molecule has 1 heterocycles. The summed E-state index contributed by atoms with van der Waals surface area (Å²) in [5, 5.41) is 0.689. The summed E-state index contributed by atoms with van der Waals surface area (Å²) in [5.41, 5.74) is 1.23. The van der Waals surface area contributed by atoms with Crippen molar-refractivity contribution in [2.45, 2.75) is 23.0 Å². The maximum atomic E-state index is 11.4. The van der Waals surface area contributed by atoms with E-state index in [0.29, 0.717) is 0 Å². The van der Waals surface area contributed by atoms with E-state index in [1.807, 2.05) is 18.2 Å². The van der Waals surface area contributed by atoms with Crippen LogP contribution in [0.25, 0.3) is 0 Å². The minimum atomic E-state index is -0.138. The van der Waals surface area contributed by atoms with E-state index in [1.54, 1.807) is 11.8 Å². The number of benzene rings is 1. The summed E-state index contributed by atoms with van der Waals surface area (Å²) in [4.78, 5) is 12.5. The number of fused-ring (bicyclic) bond motifs is 1. The van der Waals surface area contributed by atoms with Crippen LogP contribution in [0.4, 0.5) is 0 Å². The number of carbonyl (C=O) groups is 1. The van der Waals surface area contributed by atoms with Crippen molar-refractivity contribution >= 4 is 29.3 Å². The van der Waals surface area contributed by atoms with Gasteiger partial charge in [-0.2, -0.15) is 0 Å². The summed E-state index contributed by atoms with van der Waals surface area (Å²) in [6.45, 7) is 0. The second-order valence-corrected chi connectivity index (χ2v) is 5.10. The predicted molar refractivity (Wildman–Crippen MR) is 61.4 cm³/mol. The highest BCUT2D eigenvalue weighted by Crippen LogP contribution is 2.36. The topological polar surface area (TPSA) is 26.3 Å². The molecule has 0 spiro atoms. The number of rotatable bonds is 1. The Labute approximate surface area is 98.0 Å². The molecule has 0 aromatic heterocycles. The maximum Gasteiger partial charge on any atom is 0.319 e. The molecule has 0 saturated heterocycles. The molecule has 0 N–H and O–H groups in total. The fourth-order valence-electron chi connectivity index (χ4n) is 1.65. The Kier molecular flexibility index (Phi) is 3.22. The van der Waals surface area contributed by atoms with E-state index in [2.05, 4.69) is 0 Å². The van der Waals surface area contributed by atoms with Gasteiger partial charge >= 0.3 is 5.97 Å². The average molecular weight is 243 g/mol. The fraction of sp³-hybridized carbons (Fsp3) is 0.364. The first-order valence-electron chi connectivity index (χ1n) is 4.73. The molecule has 1 aliphatic rings. The molecule has 0 radical (unpaired) electrons. The van der Waals surface area contributed by atoms with Crippen molar-refractivity contribution in [1.29, 1.82) is 0 Å². The Hall–Kier alpha value is -0.670. The molecule has 4 heteroatoms. The van der Waals surface area contributed by atoms with E-state index in [4.69, 9.17) is 16.3 Å². The smallest absolute Gasteiger partial charge is 0.319 e. The van der Waals surface area contributed by atoms with E-state index in [-0.39, 0.29) is 11.2 Å². The lowest BCUT2D eigenvalue weighted by molar-refractivity contribution is -0.140. The quantitative estimate of drug-likeness (QED) is 0.709. The highest BCUT2D eigenvalue weighted by molar-refractivity contribution is 8.00. The number of halogens is 1.